The summed E-state index contributed by atoms with van der Waals surface area (Å²) in [6.07, 6.45) is 1.46. The summed E-state index contributed by atoms with van der Waals surface area (Å²) in [6, 6.07) is 6.76. The van der Waals surface area contributed by atoms with Crippen molar-refractivity contribution in [1.29, 1.82) is 0 Å². The van der Waals surface area contributed by atoms with Crippen molar-refractivity contribution in [3.05, 3.63) is 28.7 Å². The Morgan fingerprint density at radius 2 is 2.05 bits per heavy atom. The number of likely N-dealkylation sites (tertiary alicyclic amines) is 1. The maximum absolute atomic E-state index is 12.1. The SMILES string of the molecule is COC(=O)C1CCCN1C(=O)COc1ccc(Br)cc1. The third-order valence-electron chi connectivity index (χ3n) is 3.22. The van der Waals surface area contributed by atoms with Crippen molar-refractivity contribution >= 4 is 27.8 Å². The zero-order chi connectivity index (χ0) is 14.5. The van der Waals surface area contributed by atoms with E-state index in [2.05, 4.69) is 15.9 Å². The molecule has 1 aromatic carbocycles. The zero-order valence-corrected chi connectivity index (χ0v) is 12.8. The molecule has 20 heavy (non-hydrogen) atoms. The van der Waals surface area contributed by atoms with E-state index < -0.39 is 6.04 Å². The molecule has 0 aliphatic carbocycles. The topological polar surface area (TPSA) is 55.8 Å². The molecule has 1 atom stereocenters. The molecular weight excluding hydrogens is 326 g/mol. The van der Waals surface area contributed by atoms with Crippen LogP contribution in [-0.2, 0) is 14.3 Å². The van der Waals surface area contributed by atoms with Gasteiger partial charge in [-0.3, -0.25) is 4.79 Å². The van der Waals surface area contributed by atoms with Crippen LogP contribution in [-0.4, -0.2) is 43.1 Å². The molecule has 1 aliphatic heterocycles. The molecule has 1 amide bonds. The standard InChI is InChI=1S/C14H16BrNO4/c1-19-14(18)12-3-2-8-16(12)13(17)9-20-11-6-4-10(15)5-7-11/h4-7,12H,2-3,8-9H2,1H3. The molecule has 0 N–H and O–H groups in total. The molecule has 1 saturated heterocycles. The van der Waals surface area contributed by atoms with Gasteiger partial charge in [0.15, 0.2) is 6.61 Å². The average molecular weight is 342 g/mol. The Labute approximate surface area is 126 Å². The highest BCUT2D eigenvalue weighted by Crippen LogP contribution is 2.20. The second-order valence-electron chi connectivity index (χ2n) is 4.51. The van der Waals surface area contributed by atoms with Crippen LogP contribution in [0.5, 0.6) is 5.75 Å². The van der Waals surface area contributed by atoms with E-state index in [0.29, 0.717) is 18.7 Å². The fourth-order valence-corrected chi connectivity index (χ4v) is 2.47. The fraction of sp³-hybridized carbons (Fsp3) is 0.429. The van der Waals surface area contributed by atoms with E-state index in [9.17, 15) is 9.59 Å². The highest BCUT2D eigenvalue weighted by atomic mass is 79.9. The van der Waals surface area contributed by atoms with Crippen molar-refractivity contribution < 1.29 is 19.1 Å². The van der Waals surface area contributed by atoms with Gasteiger partial charge in [-0.2, -0.15) is 0 Å². The van der Waals surface area contributed by atoms with Crippen molar-refractivity contribution in [1.82, 2.24) is 4.90 Å². The molecule has 1 fully saturated rings. The number of carbonyl (C=O) groups excluding carboxylic acids is 2. The number of halogens is 1. The van der Waals surface area contributed by atoms with E-state index in [1.165, 1.54) is 12.0 Å². The summed E-state index contributed by atoms with van der Waals surface area (Å²) in [7, 11) is 1.33. The maximum atomic E-state index is 12.1. The molecule has 0 aromatic heterocycles. The highest BCUT2D eigenvalue weighted by Gasteiger charge is 2.34. The van der Waals surface area contributed by atoms with Crippen molar-refractivity contribution in [3.63, 3.8) is 0 Å². The Morgan fingerprint density at radius 3 is 2.70 bits per heavy atom. The van der Waals surface area contributed by atoms with Crippen LogP contribution in [0.2, 0.25) is 0 Å². The van der Waals surface area contributed by atoms with Gasteiger partial charge in [-0.15, -0.1) is 0 Å². The molecule has 1 aromatic rings. The van der Waals surface area contributed by atoms with Crippen LogP contribution in [0.3, 0.4) is 0 Å². The Hall–Kier alpha value is -1.56. The van der Waals surface area contributed by atoms with Gasteiger partial charge in [0, 0.05) is 11.0 Å². The molecule has 6 heteroatoms. The van der Waals surface area contributed by atoms with Crippen LogP contribution in [0.1, 0.15) is 12.8 Å². The Balaban J connectivity index is 1.91. The highest BCUT2D eigenvalue weighted by molar-refractivity contribution is 9.10. The molecular formula is C14H16BrNO4. The van der Waals surface area contributed by atoms with Gasteiger partial charge >= 0.3 is 5.97 Å². The second kappa shape index (κ2) is 6.74. The Bertz CT molecular complexity index is 488. The first-order valence-corrected chi connectivity index (χ1v) is 7.17. The number of rotatable bonds is 4. The number of amides is 1. The van der Waals surface area contributed by atoms with Gasteiger partial charge in [0.2, 0.25) is 0 Å². The molecule has 1 aliphatic rings. The van der Waals surface area contributed by atoms with Gasteiger partial charge < -0.3 is 14.4 Å². The van der Waals surface area contributed by atoms with Crippen LogP contribution < -0.4 is 4.74 Å². The summed E-state index contributed by atoms with van der Waals surface area (Å²) >= 11 is 3.33. The van der Waals surface area contributed by atoms with Gasteiger partial charge in [0.1, 0.15) is 11.8 Å². The van der Waals surface area contributed by atoms with E-state index in [4.69, 9.17) is 9.47 Å². The predicted molar refractivity (Wildman–Crippen MR) is 76.4 cm³/mol. The fourth-order valence-electron chi connectivity index (χ4n) is 2.21. The molecule has 2 rings (SSSR count). The molecule has 0 spiro atoms. The monoisotopic (exact) mass is 341 g/mol. The summed E-state index contributed by atoms with van der Waals surface area (Å²) in [5.74, 6) is 0.0654. The van der Waals surface area contributed by atoms with Gasteiger partial charge in [-0.1, -0.05) is 15.9 Å². The Morgan fingerprint density at radius 1 is 1.35 bits per heavy atom. The van der Waals surface area contributed by atoms with Crippen LogP contribution in [0, 0.1) is 0 Å². The maximum Gasteiger partial charge on any atom is 0.328 e. The quantitative estimate of drug-likeness (QED) is 0.786. The Kier molecular flexibility index (Phi) is 5.00. The number of hydrogen-bond donors (Lipinski definition) is 0. The van der Waals surface area contributed by atoms with E-state index in [-0.39, 0.29) is 18.5 Å². The zero-order valence-electron chi connectivity index (χ0n) is 11.2. The second-order valence-corrected chi connectivity index (χ2v) is 5.43. The van der Waals surface area contributed by atoms with Crippen LogP contribution in [0.15, 0.2) is 28.7 Å². The van der Waals surface area contributed by atoms with Gasteiger partial charge in [0.25, 0.3) is 5.91 Å². The molecule has 1 unspecified atom stereocenters. The molecule has 0 bridgehead atoms. The minimum absolute atomic E-state index is 0.0743. The van der Waals surface area contributed by atoms with Crippen molar-refractivity contribution in [2.75, 3.05) is 20.3 Å². The lowest BCUT2D eigenvalue weighted by atomic mass is 10.2. The van der Waals surface area contributed by atoms with Crippen LogP contribution in [0.4, 0.5) is 0 Å². The lowest BCUT2D eigenvalue weighted by Gasteiger charge is -2.22. The van der Waals surface area contributed by atoms with E-state index in [0.717, 1.165) is 10.9 Å². The van der Waals surface area contributed by atoms with Crippen LogP contribution in [0.25, 0.3) is 0 Å². The molecule has 108 valence electrons. The smallest absolute Gasteiger partial charge is 0.328 e. The normalized spacial score (nSPS) is 17.9. The summed E-state index contributed by atoms with van der Waals surface area (Å²) in [5.41, 5.74) is 0. The molecule has 1 heterocycles. The lowest BCUT2D eigenvalue weighted by Crippen LogP contribution is -2.43. The molecule has 0 saturated carbocycles. The first-order valence-electron chi connectivity index (χ1n) is 6.37. The number of carbonyl (C=O) groups is 2. The summed E-state index contributed by atoms with van der Waals surface area (Å²) in [4.78, 5) is 25.2. The third kappa shape index (κ3) is 3.50. The van der Waals surface area contributed by atoms with Gasteiger partial charge in [-0.25, -0.2) is 4.79 Å². The predicted octanol–water partition coefficient (Wildman–Crippen LogP) is 1.99. The lowest BCUT2D eigenvalue weighted by molar-refractivity contribution is -0.151. The molecule has 0 radical (unpaired) electrons. The number of esters is 1. The van der Waals surface area contributed by atoms with Crippen molar-refractivity contribution in [2.24, 2.45) is 0 Å². The third-order valence-corrected chi connectivity index (χ3v) is 3.75. The summed E-state index contributed by atoms with van der Waals surface area (Å²) in [6.45, 7) is 0.497. The van der Waals surface area contributed by atoms with Gasteiger partial charge in [0.05, 0.1) is 7.11 Å². The largest absolute Gasteiger partial charge is 0.484 e. The number of hydrogen-bond acceptors (Lipinski definition) is 4. The summed E-state index contributed by atoms with van der Waals surface area (Å²) in [5, 5.41) is 0. The average Bonchev–Trinajstić information content (AvgIpc) is 2.95. The van der Waals surface area contributed by atoms with Gasteiger partial charge in [-0.05, 0) is 37.1 Å². The van der Waals surface area contributed by atoms with E-state index >= 15 is 0 Å². The van der Waals surface area contributed by atoms with E-state index in [1.54, 1.807) is 12.1 Å². The number of methoxy groups -OCH3 is 1. The number of nitrogens with zero attached hydrogens (tertiary/aromatic N) is 1. The van der Waals surface area contributed by atoms with Crippen molar-refractivity contribution in [3.8, 4) is 5.75 Å². The first-order chi connectivity index (χ1) is 9.61. The minimum atomic E-state index is -0.471. The van der Waals surface area contributed by atoms with E-state index in [1.807, 2.05) is 12.1 Å². The van der Waals surface area contributed by atoms with Crippen molar-refractivity contribution in [2.45, 2.75) is 18.9 Å². The summed E-state index contributed by atoms with van der Waals surface area (Å²) < 4.78 is 11.1. The molecule has 5 nitrogen and oxygen atoms in total. The minimum Gasteiger partial charge on any atom is -0.484 e. The number of benzene rings is 1. The first kappa shape index (κ1) is 14.8. The van der Waals surface area contributed by atoms with Crippen LogP contribution >= 0.6 is 15.9 Å². The number of ether oxygens (including phenoxy) is 2.